The fourth-order valence-corrected chi connectivity index (χ4v) is 4.38. The van der Waals surface area contributed by atoms with Gasteiger partial charge in [0.25, 0.3) is 5.91 Å². The molecule has 0 aliphatic carbocycles. The average molecular weight is 521 g/mol. The highest BCUT2D eigenvalue weighted by atomic mass is 19.2. The van der Waals surface area contributed by atoms with Crippen molar-refractivity contribution < 1.29 is 37.3 Å². The van der Waals surface area contributed by atoms with E-state index in [0.29, 0.717) is 5.56 Å². The number of hydrogen-bond acceptors (Lipinski definition) is 8. The van der Waals surface area contributed by atoms with E-state index in [1.165, 1.54) is 18.0 Å². The van der Waals surface area contributed by atoms with Crippen LogP contribution in [-0.4, -0.2) is 58.0 Å². The number of aromatic nitrogens is 3. The Kier molecular flexibility index (Phi) is 8.19. The van der Waals surface area contributed by atoms with Crippen molar-refractivity contribution in [3.8, 4) is 11.3 Å². The third-order valence-electron chi connectivity index (χ3n) is 6.35. The van der Waals surface area contributed by atoms with Crippen molar-refractivity contribution in [2.45, 2.75) is 37.6 Å². The van der Waals surface area contributed by atoms with Gasteiger partial charge in [-0.25, -0.2) is 23.7 Å². The Morgan fingerprint density at radius 2 is 1.92 bits per heavy atom. The van der Waals surface area contributed by atoms with Gasteiger partial charge in [-0.2, -0.15) is 0 Å². The predicted molar refractivity (Wildman–Crippen MR) is 123 cm³/mol. The molecule has 0 saturated carbocycles. The van der Waals surface area contributed by atoms with Crippen LogP contribution in [0.5, 0.6) is 0 Å². The summed E-state index contributed by atoms with van der Waals surface area (Å²) < 4.78 is 59.5. The van der Waals surface area contributed by atoms with Crippen molar-refractivity contribution in [3.05, 3.63) is 71.7 Å². The third kappa shape index (κ3) is 5.50. The van der Waals surface area contributed by atoms with Gasteiger partial charge < -0.3 is 19.3 Å². The lowest BCUT2D eigenvalue weighted by Crippen LogP contribution is -2.59. The SMILES string of the molecule is CO[C@@H]1[C@@H](n2cc(-c3cc(F)c(F)c(F)c3)nn2)[C@@H](C)[C@@H](CO[C@@H](O)c2ccccc2)O[C@H]1C(=O)NN. The van der Waals surface area contributed by atoms with Crippen LogP contribution in [0.15, 0.2) is 48.7 Å². The molecule has 6 atom stereocenters. The molecule has 3 aromatic rings. The average Bonchev–Trinajstić information content (AvgIpc) is 3.40. The van der Waals surface area contributed by atoms with E-state index in [0.717, 1.165) is 12.1 Å². The maximum absolute atomic E-state index is 13.8. The third-order valence-corrected chi connectivity index (χ3v) is 6.35. The maximum Gasteiger partial charge on any atom is 0.265 e. The molecule has 37 heavy (non-hydrogen) atoms. The number of carbonyl (C=O) groups excluding carboxylic acids is 1. The van der Waals surface area contributed by atoms with Crippen LogP contribution >= 0.6 is 0 Å². The fraction of sp³-hybridized carbons (Fsp3) is 0.375. The van der Waals surface area contributed by atoms with E-state index < -0.39 is 59.9 Å². The van der Waals surface area contributed by atoms with Crippen LogP contribution < -0.4 is 11.3 Å². The minimum absolute atomic E-state index is 0.0292. The summed E-state index contributed by atoms with van der Waals surface area (Å²) in [6.45, 7) is 1.70. The maximum atomic E-state index is 13.8. The molecule has 1 aromatic heterocycles. The quantitative estimate of drug-likeness (QED) is 0.135. The molecular formula is C24H26F3N5O5. The summed E-state index contributed by atoms with van der Waals surface area (Å²) in [4.78, 5) is 12.6. The lowest BCUT2D eigenvalue weighted by Gasteiger charge is -2.44. The Morgan fingerprint density at radius 1 is 1.24 bits per heavy atom. The first kappa shape index (κ1) is 26.7. The lowest BCUT2D eigenvalue weighted by molar-refractivity contribution is -0.212. The summed E-state index contributed by atoms with van der Waals surface area (Å²) in [5, 5.41) is 18.5. The summed E-state index contributed by atoms with van der Waals surface area (Å²) in [6, 6.07) is 9.63. The number of aliphatic hydroxyl groups excluding tert-OH is 1. The fourth-order valence-electron chi connectivity index (χ4n) is 4.38. The number of ether oxygens (including phenoxy) is 3. The van der Waals surface area contributed by atoms with Crippen molar-refractivity contribution in [1.82, 2.24) is 20.4 Å². The Hall–Kier alpha value is -3.36. The number of carbonyl (C=O) groups is 1. The number of halogens is 3. The van der Waals surface area contributed by atoms with Gasteiger partial charge in [-0.1, -0.05) is 42.5 Å². The van der Waals surface area contributed by atoms with Gasteiger partial charge >= 0.3 is 0 Å². The van der Waals surface area contributed by atoms with E-state index in [4.69, 9.17) is 20.1 Å². The van der Waals surface area contributed by atoms with E-state index >= 15 is 0 Å². The molecular weight excluding hydrogens is 495 g/mol. The van der Waals surface area contributed by atoms with Crippen LogP contribution in [0.3, 0.4) is 0 Å². The molecule has 1 fully saturated rings. The zero-order chi connectivity index (χ0) is 26.7. The van der Waals surface area contributed by atoms with E-state index in [9.17, 15) is 23.1 Å². The standard InChI is InChI=1S/C24H26F3N5O5/c1-12-18(11-36-24(34)13-6-4-3-5-7-13)37-22(23(33)29-28)21(35-2)20(12)32-10-17(30-31-32)14-8-15(25)19(27)16(26)9-14/h3-10,12,18,20-22,24,34H,11,28H2,1-2H3,(H,29,33)/t12-,18+,20-,21+,22+,24+/m0/s1. The zero-order valence-electron chi connectivity index (χ0n) is 19.9. The Labute approximate surface area is 210 Å². The molecule has 2 aromatic carbocycles. The molecule has 198 valence electrons. The van der Waals surface area contributed by atoms with Crippen LogP contribution in [0.2, 0.25) is 0 Å². The van der Waals surface area contributed by atoms with Gasteiger partial charge in [0.2, 0.25) is 0 Å². The molecule has 0 bridgehead atoms. The van der Waals surface area contributed by atoms with E-state index in [1.54, 1.807) is 37.3 Å². The zero-order valence-corrected chi connectivity index (χ0v) is 19.9. The molecule has 0 radical (unpaired) electrons. The number of nitrogens with one attached hydrogen (secondary N) is 1. The highest BCUT2D eigenvalue weighted by Gasteiger charge is 2.48. The number of hydrazine groups is 1. The monoisotopic (exact) mass is 521 g/mol. The first-order valence-corrected chi connectivity index (χ1v) is 11.3. The van der Waals surface area contributed by atoms with Crippen LogP contribution in [-0.2, 0) is 19.0 Å². The number of nitrogens with zero attached hydrogens (tertiary/aromatic N) is 3. The number of benzene rings is 2. The minimum Gasteiger partial charge on any atom is -0.376 e. The molecule has 4 N–H and O–H groups in total. The van der Waals surface area contributed by atoms with E-state index in [-0.39, 0.29) is 17.9 Å². The number of hydrogen-bond donors (Lipinski definition) is 3. The smallest absolute Gasteiger partial charge is 0.265 e. The van der Waals surface area contributed by atoms with E-state index in [1.807, 2.05) is 5.43 Å². The van der Waals surface area contributed by atoms with Gasteiger partial charge in [0.05, 0.1) is 24.9 Å². The number of aliphatic hydroxyl groups is 1. The first-order chi connectivity index (χ1) is 17.7. The predicted octanol–water partition coefficient (Wildman–Crippen LogP) is 2.02. The summed E-state index contributed by atoms with van der Waals surface area (Å²) in [7, 11) is 1.38. The summed E-state index contributed by atoms with van der Waals surface area (Å²) in [5.74, 6) is -0.0599. The molecule has 1 aliphatic heterocycles. The minimum atomic E-state index is -1.59. The second-order valence-corrected chi connectivity index (χ2v) is 8.59. The second kappa shape index (κ2) is 11.4. The topological polar surface area (TPSA) is 134 Å². The van der Waals surface area contributed by atoms with Crippen LogP contribution in [0.25, 0.3) is 11.3 Å². The summed E-state index contributed by atoms with van der Waals surface area (Å²) >= 11 is 0. The summed E-state index contributed by atoms with van der Waals surface area (Å²) in [6.07, 6.45) is -2.65. The Balaban J connectivity index is 1.62. The molecule has 13 heteroatoms. The molecule has 1 aliphatic rings. The van der Waals surface area contributed by atoms with Crippen molar-refractivity contribution >= 4 is 5.91 Å². The largest absolute Gasteiger partial charge is 0.376 e. The van der Waals surface area contributed by atoms with Gasteiger partial charge in [-0.15, -0.1) is 5.10 Å². The number of nitrogens with two attached hydrogens (primary N) is 1. The van der Waals surface area contributed by atoms with Crippen LogP contribution in [0, 0.1) is 23.4 Å². The van der Waals surface area contributed by atoms with Crippen LogP contribution in [0.1, 0.15) is 24.8 Å². The van der Waals surface area contributed by atoms with Gasteiger partial charge in [0.1, 0.15) is 11.8 Å². The van der Waals surface area contributed by atoms with Gasteiger partial charge in [-0.3, -0.25) is 10.2 Å². The van der Waals surface area contributed by atoms with E-state index in [2.05, 4.69) is 10.3 Å². The molecule has 0 spiro atoms. The van der Waals surface area contributed by atoms with Crippen molar-refractivity contribution in [3.63, 3.8) is 0 Å². The Bertz CT molecular complexity index is 1210. The molecule has 10 nitrogen and oxygen atoms in total. The molecule has 0 unspecified atom stereocenters. The highest BCUT2D eigenvalue weighted by Crippen LogP contribution is 2.37. The summed E-state index contributed by atoms with van der Waals surface area (Å²) in [5.41, 5.74) is 2.62. The number of amides is 1. The molecule has 1 saturated heterocycles. The normalized spacial score (nSPS) is 24.6. The van der Waals surface area contributed by atoms with Crippen molar-refractivity contribution in [1.29, 1.82) is 0 Å². The molecule has 2 heterocycles. The van der Waals surface area contributed by atoms with Crippen molar-refractivity contribution in [2.24, 2.45) is 11.8 Å². The number of rotatable bonds is 8. The molecule has 1 amide bonds. The highest BCUT2D eigenvalue weighted by molar-refractivity contribution is 5.81. The lowest BCUT2D eigenvalue weighted by atomic mass is 9.85. The van der Waals surface area contributed by atoms with Gasteiger partial charge in [0, 0.05) is 24.2 Å². The van der Waals surface area contributed by atoms with Crippen molar-refractivity contribution in [2.75, 3.05) is 13.7 Å². The second-order valence-electron chi connectivity index (χ2n) is 8.59. The molecule has 4 rings (SSSR count). The van der Waals surface area contributed by atoms with Gasteiger partial charge in [0.15, 0.2) is 29.8 Å². The van der Waals surface area contributed by atoms with Crippen LogP contribution in [0.4, 0.5) is 13.2 Å². The Morgan fingerprint density at radius 3 is 2.54 bits per heavy atom. The first-order valence-electron chi connectivity index (χ1n) is 11.3. The van der Waals surface area contributed by atoms with Gasteiger partial charge in [-0.05, 0) is 12.1 Å². The number of methoxy groups -OCH3 is 1.